The Morgan fingerprint density at radius 2 is 1.69 bits per heavy atom. The molecular formula is C39H40N8O2. The number of anilines is 4. The van der Waals surface area contributed by atoms with Gasteiger partial charge in [-0.15, -0.1) is 0 Å². The van der Waals surface area contributed by atoms with E-state index in [1.54, 1.807) is 17.1 Å². The molecule has 0 aliphatic heterocycles. The Morgan fingerprint density at radius 3 is 2.53 bits per heavy atom. The Morgan fingerprint density at radius 1 is 0.878 bits per heavy atom. The second kappa shape index (κ2) is 14.6. The van der Waals surface area contributed by atoms with Gasteiger partial charge in [-0.3, -0.25) is 10.3 Å². The number of rotatable bonds is 11. The fraction of sp³-hybridized carbons (Fsp3) is 0.256. The second-order valence-corrected chi connectivity index (χ2v) is 12.4. The third kappa shape index (κ3) is 7.54. The van der Waals surface area contributed by atoms with Gasteiger partial charge >= 0.3 is 6.03 Å². The number of fused-ring (bicyclic) bond motifs is 2. The smallest absolute Gasteiger partial charge is 0.324 e. The summed E-state index contributed by atoms with van der Waals surface area (Å²) in [6, 6.07) is 25.2. The van der Waals surface area contributed by atoms with Crippen LogP contribution in [0.2, 0.25) is 0 Å². The lowest BCUT2D eigenvalue weighted by Gasteiger charge is -2.15. The van der Waals surface area contributed by atoms with Crippen molar-refractivity contribution in [2.45, 2.75) is 65.4 Å². The number of nitrogens with zero attached hydrogens (tertiary/aromatic N) is 5. The van der Waals surface area contributed by atoms with Gasteiger partial charge < -0.3 is 15.4 Å². The third-order valence-electron chi connectivity index (χ3n) is 8.68. The van der Waals surface area contributed by atoms with Gasteiger partial charge in [0.1, 0.15) is 29.8 Å². The minimum Gasteiger partial charge on any atom is -0.488 e. The quantitative estimate of drug-likeness (QED) is 0.128. The topological polar surface area (TPSA) is 119 Å². The van der Waals surface area contributed by atoms with Crippen LogP contribution in [0.15, 0.2) is 91.3 Å². The Bertz CT molecular complexity index is 2090. The predicted molar refractivity (Wildman–Crippen MR) is 194 cm³/mol. The number of carbonyl (C=O) groups excluding carboxylic acids is 1. The Balaban J connectivity index is 1.05. The standard InChI is InChI=1S/C39H40N8O2/c1-3-4-9-28-23-38(47(46-28)29-16-14-26(2)15-17-29)45-39(48)43-32-18-19-35(31-11-6-5-10-30(31)32)49-25-27-20-21-40-36(22-27)44-37-24-41-33-12-7-8-13-34(33)42-37/h5-6,10-11,14-24H,3-4,7-9,12-13,25H2,1-2H3,(H,40,42,44)(H2,43,45,48). The van der Waals surface area contributed by atoms with E-state index in [4.69, 9.17) is 14.8 Å². The molecule has 0 atom stereocenters. The van der Waals surface area contributed by atoms with Crippen molar-refractivity contribution >= 4 is 39.9 Å². The number of benzene rings is 3. The summed E-state index contributed by atoms with van der Waals surface area (Å²) in [6.45, 7) is 4.55. The number of nitrogens with one attached hydrogen (secondary N) is 3. The first-order valence-corrected chi connectivity index (χ1v) is 17.0. The molecule has 49 heavy (non-hydrogen) atoms. The Kier molecular flexibility index (Phi) is 9.45. The number of aryl methyl sites for hydroxylation is 4. The first-order valence-electron chi connectivity index (χ1n) is 17.0. The van der Waals surface area contributed by atoms with Gasteiger partial charge in [0.2, 0.25) is 0 Å². The number of amides is 2. The molecular weight excluding hydrogens is 612 g/mol. The minimum atomic E-state index is -0.352. The van der Waals surface area contributed by atoms with Crippen LogP contribution in [0.1, 0.15) is 60.8 Å². The normalized spacial score (nSPS) is 12.4. The lowest BCUT2D eigenvalue weighted by atomic mass is 10.0. The van der Waals surface area contributed by atoms with Crippen molar-refractivity contribution < 1.29 is 9.53 Å². The van der Waals surface area contributed by atoms with E-state index in [-0.39, 0.29) is 6.03 Å². The number of pyridine rings is 1. The molecule has 0 spiro atoms. The van der Waals surface area contributed by atoms with Crippen molar-refractivity contribution in [2.75, 3.05) is 16.0 Å². The van der Waals surface area contributed by atoms with Crippen molar-refractivity contribution in [3.8, 4) is 11.4 Å². The molecule has 7 rings (SSSR count). The monoisotopic (exact) mass is 652 g/mol. The van der Waals surface area contributed by atoms with Crippen LogP contribution in [0.25, 0.3) is 16.5 Å². The van der Waals surface area contributed by atoms with Crippen LogP contribution in [-0.2, 0) is 25.9 Å². The lowest BCUT2D eigenvalue weighted by Crippen LogP contribution is -2.21. The van der Waals surface area contributed by atoms with Crippen molar-refractivity contribution in [2.24, 2.45) is 0 Å². The van der Waals surface area contributed by atoms with Crippen molar-refractivity contribution in [1.29, 1.82) is 0 Å². The van der Waals surface area contributed by atoms with Crippen LogP contribution in [0.5, 0.6) is 5.75 Å². The average molecular weight is 653 g/mol. The molecule has 0 radical (unpaired) electrons. The van der Waals surface area contributed by atoms with Gasteiger partial charge in [0, 0.05) is 23.0 Å². The summed E-state index contributed by atoms with van der Waals surface area (Å²) in [7, 11) is 0. The highest BCUT2D eigenvalue weighted by Crippen LogP contribution is 2.33. The largest absolute Gasteiger partial charge is 0.488 e. The van der Waals surface area contributed by atoms with Gasteiger partial charge in [-0.1, -0.05) is 55.3 Å². The lowest BCUT2D eigenvalue weighted by molar-refractivity contribution is 0.262. The highest BCUT2D eigenvalue weighted by Gasteiger charge is 2.16. The molecule has 0 saturated carbocycles. The fourth-order valence-corrected chi connectivity index (χ4v) is 6.09. The van der Waals surface area contributed by atoms with E-state index >= 15 is 0 Å². The number of hydrogen-bond acceptors (Lipinski definition) is 7. The molecule has 3 aromatic carbocycles. The zero-order valence-electron chi connectivity index (χ0n) is 27.9. The maximum absolute atomic E-state index is 13.4. The molecule has 3 N–H and O–H groups in total. The Hall–Kier alpha value is -5.77. The maximum atomic E-state index is 13.4. The molecule has 6 aromatic rings. The van der Waals surface area contributed by atoms with Crippen LogP contribution < -0.4 is 20.7 Å². The van der Waals surface area contributed by atoms with Gasteiger partial charge in [0.05, 0.1) is 34.7 Å². The summed E-state index contributed by atoms with van der Waals surface area (Å²) in [5.41, 5.74) is 6.79. The SMILES string of the molecule is CCCCc1cc(NC(=O)Nc2ccc(OCc3ccnc(Nc4cnc5c(n4)CCCC5)c3)c3ccccc23)n(-c2ccc(C)cc2)n1. The number of ether oxygens (including phenoxy) is 1. The van der Waals surface area contributed by atoms with E-state index in [9.17, 15) is 4.79 Å². The molecule has 3 aromatic heterocycles. The fourth-order valence-electron chi connectivity index (χ4n) is 6.09. The van der Waals surface area contributed by atoms with E-state index in [0.717, 1.165) is 83.2 Å². The zero-order valence-corrected chi connectivity index (χ0v) is 27.9. The molecule has 0 unspecified atom stereocenters. The second-order valence-electron chi connectivity index (χ2n) is 12.4. The number of urea groups is 1. The number of carbonyl (C=O) groups is 1. The van der Waals surface area contributed by atoms with E-state index in [2.05, 4.69) is 32.8 Å². The van der Waals surface area contributed by atoms with Gasteiger partial charge in [-0.25, -0.2) is 19.4 Å². The zero-order chi connectivity index (χ0) is 33.6. The van der Waals surface area contributed by atoms with Gasteiger partial charge in [0.25, 0.3) is 0 Å². The third-order valence-corrected chi connectivity index (χ3v) is 8.68. The molecule has 0 saturated heterocycles. The van der Waals surface area contributed by atoms with Crippen molar-refractivity contribution in [1.82, 2.24) is 24.7 Å². The summed E-state index contributed by atoms with van der Waals surface area (Å²) in [5, 5.41) is 15.9. The van der Waals surface area contributed by atoms with Crippen LogP contribution >= 0.6 is 0 Å². The molecule has 2 amide bonds. The summed E-state index contributed by atoms with van der Waals surface area (Å²) in [4.78, 5) is 27.2. The Labute approximate surface area is 286 Å². The molecule has 248 valence electrons. The molecule has 10 heteroatoms. The van der Waals surface area contributed by atoms with Crippen molar-refractivity contribution in [3.05, 3.63) is 119 Å². The molecule has 10 nitrogen and oxygen atoms in total. The van der Waals surface area contributed by atoms with Crippen LogP contribution in [0.4, 0.5) is 27.9 Å². The average Bonchev–Trinajstić information content (AvgIpc) is 3.52. The molecule has 0 fully saturated rings. The van der Waals surface area contributed by atoms with E-state index in [1.807, 2.05) is 85.8 Å². The van der Waals surface area contributed by atoms with Crippen LogP contribution in [0, 0.1) is 6.92 Å². The predicted octanol–water partition coefficient (Wildman–Crippen LogP) is 8.71. The van der Waals surface area contributed by atoms with Crippen LogP contribution in [-0.4, -0.2) is 30.8 Å². The summed E-state index contributed by atoms with van der Waals surface area (Å²) in [5.74, 6) is 2.71. The summed E-state index contributed by atoms with van der Waals surface area (Å²) >= 11 is 0. The summed E-state index contributed by atoms with van der Waals surface area (Å²) < 4.78 is 8.12. The van der Waals surface area contributed by atoms with Crippen molar-refractivity contribution in [3.63, 3.8) is 0 Å². The molecule has 3 heterocycles. The van der Waals surface area contributed by atoms with Crippen LogP contribution in [0.3, 0.4) is 0 Å². The maximum Gasteiger partial charge on any atom is 0.324 e. The minimum absolute atomic E-state index is 0.341. The highest BCUT2D eigenvalue weighted by atomic mass is 16.5. The van der Waals surface area contributed by atoms with E-state index in [1.165, 1.54) is 6.42 Å². The van der Waals surface area contributed by atoms with Gasteiger partial charge in [-0.05, 0) is 87.4 Å². The number of hydrogen-bond donors (Lipinski definition) is 3. The first-order chi connectivity index (χ1) is 24.0. The summed E-state index contributed by atoms with van der Waals surface area (Å²) in [6.07, 6.45) is 10.8. The number of aromatic nitrogens is 5. The molecule has 0 bridgehead atoms. The van der Waals surface area contributed by atoms with Gasteiger partial charge in [0.15, 0.2) is 0 Å². The number of unbranched alkanes of at least 4 members (excludes halogenated alkanes) is 1. The molecule has 1 aliphatic rings. The highest BCUT2D eigenvalue weighted by molar-refractivity contribution is 6.07. The molecule has 1 aliphatic carbocycles. The van der Waals surface area contributed by atoms with Gasteiger partial charge in [-0.2, -0.15) is 5.10 Å². The van der Waals surface area contributed by atoms with E-state index < -0.39 is 0 Å². The van der Waals surface area contributed by atoms with E-state index in [0.29, 0.717) is 35.5 Å². The first kappa shape index (κ1) is 31.8.